The molecular formula is C45H79O15P. The summed E-state index contributed by atoms with van der Waals surface area (Å²) in [4.78, 5) is 35.7. The summed E-state index contributed by atoms with van der Waals surface area (Å²) in [5.41, 5.74) is 0. The summed E-state index contributed by atoms with van der Waals surface area (Å²) in [5, 5.41) is 60.4. The maximum Gasteiger partial charge on any atom is 0.472 e. The van der Waals surface area contributed by atoms with Crippen molar-refractivity contribution >= 4 is 19.8 Å². The molecule has 9 atom stereocenters. The van der Waals surface area contributed by atoms with E-state index in [2.05, 4.69) is 26.0 Å². The number of phosphoric ester groups is 1. The lowest BCUT2D eigenvalue weighted by molar-refractivity contribution is -0.220. The maximum absolute atomic E-state index is 12.8. The van der Waals surface area contributed by atoms with E-state index in [0.717, 1.165) is 32.1 Å². The first kappa shape index (κ1) is 55.1. The van der Waals surface area contributed by atoms with Crippen molar-refractivity contribution in [3.63, 3.8) is 0 Å². The molecule has 0 bridgehead atoms. The van der Waals surface area contributed by atoms with Gasteiger partial charge in [-0.25, -0.2) is 4.57 Å². The summed E-state index contributed by atoms with van der Waals surface area (Å²) in [6.07, 6.45) is 19.6. The Morgan fingerprint density at radius 1 is 0.656 bits per heavy atom. The number of carbonyl (C=O) groups excluding carboxylic acids is 2. The lowest BCUT2D eigenvalue weighted by Crippen LogP contribution is -2.64. The van der Waals surface area contributed by atoms with Crippen molar-refractivity contribution in [1.82, 2.24) is 0 Å². The second-order valence-electron chi connectivity index (χ2n) is 16.5. The molecule has 16 heteroatoms. The van der Waals surface area contributed by atoms with E-state index in [1.807, 2.05) is 18.2 Å². The van der Waals surface area contributed by atoms with E-state index < -0.39 is 81.8 Å². The predicted molar refractivity (Wildman–Crippen MR) is 231 cm³/mol. The second-order valence-corrected chi connectivity index (χ2v) is 17.9. The smallest absolute Gasteiger partial charge is 0.462 e. The highest BCUT2D eigenvalue weighted by molar-refractivity contribution is 7.47. The molecule has 0 aromatic rings. The summed E-state index contributed by atoms with van der Waals surface area (Å²) in [5.74, 6) is -1.24. The van der Waals surface area contributed by atoms with Crippen LogP contribution in [-0.2, 0) is 37.4 Å². The minimum atomic E-state index is -5.16. The third-order valence-corrected chi connectivity index (χ3v) is 11.9. The quantitative estimate of drug-likeness (QED) is 0.0116. The number of phosphoric acid groups is 1. The van der Waals surface area contributed by atoms with E-state index in [9.17, 15) is 49.7 Å². The SMILES string of the molecule is CCCCC/C=C/CC1OC1/C=C\C(O)C/C=C/CCCC(=O)OC(COC(=O)CCCCCCCCCCCCCCC)COP(=O)(O)OC1C(O)C(O)C(O)C(O)C1O. The van der Waals surface area contributed by atoms with Crippen LogP contribution in [0.15, 0.2) is 36.5 Å². The van der Waals surface area contributed by atoms with Gasteiger partial charge in [0.1, 0.15) is 49.3 Å². The average molecular weight is 891 g/mol. The highest BCUT2D eigenvalue weighted by Crippen LogP contribution is 2.47. The Morgan fingerprint density at radius 3 is 1.80 bits per heavy atom. The second kappa shape index (κ2) is 32.6. The largest absolute Gasteiger partial charge is 0.472 e. The van der Waals surface area contributed by atoms with Gasteiger partial charge < -0.3 is 49.7 Å². The molecule has 2 aliphatic rings. The fourth-order valence-electron chi connectivity index (χ4n) is 7.00. The van der Waals surface area contributed by atoms with Gasteiger partial charge >= 0.3 is 19.8 Å². The Hall–Kier alpha value is -2.01. The molecule has 9 unspecified atom stereocenters. The normalized spacial score (nSPS) is 26.2. The summed E-state index contributed by atoms with van der Waals surface area (Å²) in [6.45, 7) is 3.13. The van der Waals surface area contributed by atoms with Crippen LogP contribution >= 0.6 is 7.82 Å². The van der Waals surface area contributed by atoms with Crippen LogP contribution in [0.3, 0.4) is 0 Å². The Bertz CT molecular complexity index is 1290. The van der Waals surface area contributed by atoms with Crippen LogP contribution in [0, 0.1) is 0 Å². The molecule has 0 amide bonds. The number of aliphatic hydroxyl groups excluding tert-OH is 6. The van der Waals surface area contributed by atoms with Crippen LogP contribution in [-0.4, -0.2) is 122 Å². The minimum absolute atomic E-state index is 0.0132. The van der Waals surface area contributed by atoms with Crippen LogP contribution in [0.2, 0.25) is 0 Å². The molecule has 2 rings (SSSR count). The summed E-state index contributed by atoms with van der Waals surface area (Å²) in [7, 11) is -5.16. The van der Waals surface area contributed by atoms with Crippen LogP contribution < -0.4 is 0 Å². The predicted octanol–water partition coefficient (Wildman–Crippen LogP) is 6.57. The number of rotatable bonds is 36. The number of aliphatic hydroxyl groups is 6. The highest BCUT2D eigenvalue weighted by Gasteiger charge is 2.51. The zero-order valence-electron chi connectivity index (χ0n) is 36.8. The van der Waals surface area contributed by atoms with Crippen molar-refractivity contribution < 1.29 is 72.9 Å². The molecule has 0 spiro atoms. The van der Waals surface area contributed by atoms with Crippen molar-refractivity contribution in [3.8, 4) is 0 Å². The van der Waals surface area contributed by atoms with Gasteiger partial charge in [-0.1, -0.05) is 140 Å². The van der Waals surface area contributed by atoms with Crippen molar-refractivity contribution in [2.75, 3.05) is 13.2 Å². The van der Waals surface area contributed by atoms with Gasteiger partial charge in [-0.15, -0.1) is 0 Å². The fraction of sp³-hybridized carbons (Fsp3) is 0.822. The maximum atomic E-state index is 12.8. The minimum Gasteiger partial charge on any atom is -0.462 e. The molecule has 2 fully saturated rings. The van der Waals surface area contributed by atoms with Gasteiger partial charge in [0.25, 0.3) is 0 Å². The van der Waals surface area contributed by atoms with Gasteiger partial charge in [-0.3, -0.25) is 18.6 Å². The van der Waals surface area contributed by atoms with E-state index in [0.29, 0.717) is 25.7 Å². The van der Waals surface area contributed by atoms with E-state index in [-0.39, 0.29) is 25.0 Å². The summed E-state index contributed by atoms with van der Waals surface area (Å²) >= 11 is 0. The molecule has 1 saturated carbocycles. The van der Waals surface area contributed by atoms with Crippen LogP contribution in [0.4, 0.5) is 0 Å². The van der Waals surface area contributed by atoms with Crippen molar-refractivity contribution in [2.45, 2.75) is 223 Å². The zero-order valence-corrected chi connectivity index (χ0v) is 37.7. The third-order valence-electron chi connectivity index (χ3n) is 10.9. The van der Waals surface area contributed by atoms with Crippen LogP contribution in [0.25, 0.3) is 0 Å². The molecule has 0 aromatic carbocycles. The topological polar surface area (TPSA) is 242 Å². The zero-order chi connectivity index (χ0) is 44.9. The van der Waals surface area contributed by atoms with Crippen molar-refractivity contribution in [1.29, 1.82) is 0 Å². The van der Waals surface area contributed by atoms with Crippen LogP contribution in [0.5, 0.6) is 0 Å². The molecule has 15 nitrogen and oxygen atoms in total. The molecule has 1 heterocycles. The third kappa shape index (κ3) is 25.2. The molecule has 1 saturated heterocycles. The van der Waals surface area contributed by atoms with Gasteiger partial charge in [0, 0.05) is 12.8 Å². The number of hydrogen-bond acceptors (Lipinski definition) is 14. The molecule has 1 aliphatic carbocycles. The molecule has 7 N–H and O–H groups in total. The Balaban J connectivity index is 1.77. The Labute approximate surface area is 364 Å². The van der Waals surface area contributed by atoms with Gasteiger partial charge in [0.05, 0.1) is 18.8 Å². The van der Waals surface area contributed by atoms with Crippen LogP contribution in [0.1, 0.15) is 162 Å². The molecule has 0 aromatic heterocycles. The Kier molecular flexibility index (Phi) is 29.5. The van der Waals surface area contributed by atoms with Gasteiger partial charge in [-0.05, 0) is 44.9 Å². The number of ether oxygens (including phenoxy) is 3. The number of allylic oxidation sites excluding steroid dienone is 2. The van der Waals surface area contributed by atoms with E-state index in [1.165, 1.54) is 77.0 Å². The average Bonchev–Trinajstić information content (AvgIpc) is 4.00. The highest BCUT2D eigenvalue weighted by atomic mass is 31.2. The Morgan fingerprint density at radius 2 is 1.18 bits per heavy atom. The van der Waals surface area contributed by atoms with Crippen molar-refractivity contribution in [3.05, 3.63) is 36.5 Å². The van der Waals surface area contributed by atoms with Crippen molar-refractivity contribution in [2.24, 2.45) is 0 Å². The van der Waals surface area contributed by atoms with E-state index >= 15 is 0 Å². The summed E-state index contributed by atoms with van der Waals surface area (Å²) in [6, 6.07) is 0. The first-order valence-corrected chi connectivity index (χ1v) is 24.5. The first-order chi connectivity index (χ1) is 29.3. The van der Waals surface area contributed by atoms with E-state index in [1.54, 1.807) is 6.08 Å². The molecule has 61 heavy (non-hydrogen) atoms. The van der Waals surface area contributed by atoms with Gasteiger partial charge in [0.2, 0.25) is 0 Å². The summed E-state index contributed by atoms with van der Waals surface area (Å²) < 4.78 is 39.0. The standard InChI is InChI=1S/C45H79O15P/c1-3-5-7-9-11-12-13-14-15-16-17-19-24-28-38(47)56-32-35(33-57-61(54,55)60-45-43(52)41(50)40(49)42(51)44(45)53)58-39(48)29-25-21-20-22-26-34(46)30-31-37-36(59-37)27-23-18-10-8-6-4-2/h18,20,22-23,30-31,34-37,40-46,49-53H,3-17,19,21,24-29,32-33H2,1-2H3,(H,54,55)/b22-20+,23-18+,31-30-. The van der Waals surface area contributed by atoms with Gasteiger partial charge in [-0.2, -0.15) is 0 Å². The monoisotopic (exact) mass is 891 g/mol. The number of hydrogen-bond donors (Lipinski definition) is 7. The number of carbonyl (C=O) groups is 2. The fourth-order valence-corrected chi connectivity index (χ4v) is 7.97. The van der Waals surface area contributed by atoms with Gasteiger partial charge in [0.15, 0.2) is 6.10 Å². The molecule has 354 valence electrons. The molecule has 0 radical (unpaired) electrons. The lowest BCUT2D eigenvalue weighted by Gasteiger charge is -2.41. The number of unbranched alkanes of at least 4 members (excludes halogenated alkanes) is 16. The number of esters is 2. The molecule has 1 aliphatic heterocycles. The first-order valence-electron chi connectivity index (χ1n) is 23.0. The lowest BCUT2D eigenvalue weighted by atomic mass is 9.85. The van der Waals surface area contributed by atoms with E-state index in [4.69, 9.17) is 23.3 Å². The molecular weight excluding hydrogens is 811 g/mol. The number of epoxide rings is 1.